The highest BCUT2D eigenvalue weighted by atomic mass is 32.1. The molecule has 1 saturated carbocycles. The van der Waals surface area contributed by atoms with Crippen LogP contribution in [0.25, 0.3) is 10.4 Å². The number of nitrogens with two attached hydrogens (primary N) is 1. The summed E-state index contributed by atoms with van der Waals surface area (Å²) in [4.78, 5) is 31.5. The van der Waals surface area contributed by atoms with Crippen molar-refractivity contribution >= 4 is 23.2 Å². The first kappa shape index (κ1) is 16.2. The number of hydrogen-bond acceptors (Lipinski definition) is 4. The van der Waals surface area contributed by atoms with E-state index < -0.39 is 11.9 Å². The van der Waals surface area contributed by atoms with Crippen molar-refractivity contribution in [2.45, 2.75) is 38.8 Å². The number of halogens is 1. The number of benzene rings is 1. The molecule has 1 aromatic heterocycles. The molecular formula is C18H18FN3O2S. The van der Waals surface area contributed by atoms with Crippen LogP contribution < -0.4 is 5.73 Å². The quantitative estimate of drug-likeness (QED) is 0.915. The second-order valence-corrected chi connectivity index (χ2v) is 7.96. The van der Waals surface area contributed by atoms with Crippen molar-refractivity contribution in [2.75, 3.05) is 0 Å². The molecule has 4 rings (SSSR count). The average Bonchev–Trinajstić information content (AvgIpc) is 3.05. The molecule has 2 N–H and O–H groups in total. The van der Waals surface area contributed by atoms with E-state index in [2.05, 4.69) is 4.98 Å². The van der Waals surface area contributed by atoms with Crippen LogP contribution in [0.5, 0.6) is 0 Å². The number of carbonyl (C=O) groups excluding carboxylic acids is 2. The number of likely N-dealkylation sites (tertiary alicyclic amines) is 1. The molecule has 5 nitrogen and oxygen atoms in total. The molecule has 0 radical (unpaired) electrons. The lowest BCUT2D eigenvalue weighted by Crippen LogP contribution is -2.46. The third-order valence-corrected chi connectivity index (χ3v) is 6.12. The second kappa shape index (κ2) is 5.62. The van der Waals surface area contributed by atoms with Crippen molar-refractivity contribution in [2.24, 2.45) is 11.7 Å². The van der Waals surface area contributed by atoms with Crippen LogP contribution in [0.1, 0.15) is 33.9 Å². The average molecular weight is 359 g/mol. The van der Waals surface area contributed by atoms with Crippen molar-refractivity contribution in [1.29, 1.82) is 0 Å². The molecule has 25 heavy (non-hydrogen) atoms. The van der Waals surface area contributed by atoms with Gasteiger partial charge in [0.05, 0.1) is 9.88 Å². The Hall–Kier alpha value is -2.28. The minimum Gasteiger partial charge on any atom is -0.368 e. The summed E-state index contributed by atoms with van der Waals surface area (Å²) in [6.07, 6.45) is 1.54. The molecular weight excluding hydrogens is 341 g/mol. The number of hydrogen-bond donors (Lipinski definition) is 1. The van der Waals surface area contributed by atoms with Gasteiger partial charge in [0.15, 0.2) is 0 Å². The summed E-state index contributed by atoms with van der Waals surface area (Å²) in [7, 11) is 0. The Morgan fingerprint density at radius 3 is 2.80 bits per heavy atom. The summed E-state index contributed by atoms with van der Waals surface area (Å²) < 4.78 is 14.0. The van der Waals surface area contributed by atoms with Gasteiger partial charge in [0.2, 0.25) is 5.91 Å². The topological polar surface area (TPSA) is 76.3 Å². The Morgan fingerprint density at radius 1 is 1.32 bits per heavy atom. The number of fused-ring (bicyclic) bond motifs is 1. The van der Waals surface area contributed by atoms with Crippen molar-refractivity contribution in [1.82, 2.24) is 9.88 Å². The normalized spacial score (nSPS) is 24.3. The van der Waals surface area contributed by atoms with E-state index in [1.165, 1.54) is 17.4 Å². The maximum Gasteiger partial charge on any atom is 0.274 e. The molecule has 1 aromatic carbocycles. The van der Waals surface area contributed by atoms with Gasteiger partial charge in [-0.15, -0.1) is 11.3 Å². The fourth-order valence-electron chi connectivity index (χ4n) is 3.73. The summed E-state index contributed by atoms with van der Waals surface area (Å²) >= 11 is 1.36. The minimum atomic E-state index is -0.570. The first-order chi connectivity index (χ1) is 11.9. The van der Waals surface area contributed by atoms with Crippen LogP contribution in [0, 0.1) is 25.6 Å². The largest absolute Gasteiger partial charge is 0.368 e. The van der Waals surface area contributed by atoms with Crippen LogP contribution in [0.4, 0.5) is 4.39 Å². The number of carbonyl (C=O) groups is 2. The summed E-state index contributed by atoms with van der Waals surface area (Å²) in [5.74, 6) is -0.714. The Labute approximate surface area is 148 Å². The van der Waals surface area contributed by atoms with Crippen molar-refractivity contribution in [3.05, 3.63) is 40.3 Å². The van der Waals surface area contributed by atoms with Crippen LogP contribution in [0.2, 0.25) is 0 Å². The van der Waals surface area contributed by atoms with E-state index >= 15 is 0 Å². The van der Waals surface area contributed by atoms with Crippen LogP contribution in [0.15, 0.2) is 18.2 Å². The lowest BCUT2D eigenvalue weighted by atomic mass is 10.0. The Morgan fingerprint density at radius 2 is 2.08 bits per heavy atom. The standard InChI is InChI=1S/C18H18FN3O2S/c1-8-11(4-3-5-12(8)19)16-15(21-9(2)25-16)18(24)22-13-6-10(13)7-14(22)17(20)23/h3-5,10,13-14H,6-7H2,1-2H3,(H2,20,23)/t10-,13+,14+/m1/s1. The number of piperidine rings is 1. The van der Waals surface area contributed by atoms with Crippen LogP contribution in [-0.4, -0.2) is 33.8 Å². The smallest absolute Gasteiger partial charge is 0.274 e. The van der Waals surface area contributed by atoms with E-state index in [-0.39, 0.29) is 23.5 Å². The molecule has 1 aliphatic heterocycles. The fourth-order valence-corrected chi connectivity index (χ4v) is 4.73. The number of aryl methyl sites for hydroxylation is 1. The van der Waals surface area contributed by atoms with E-state index in [4.69, 9.17) is 5.73 Å². The summed E-state index contributed by atoms with van der Waals surface area (Å²) in [5, 5.41) is 0.726. The zero-order valence-corrected chi connectivity index (χ0v) is 14.8. The number of rotatable bonds is 3. The molecule has 2 aromatic rings. The Bertz CT molecular complexity index is 894. The minimum absolute atomic E-state index is 0.0773. The molecule has 130 valence electrons. The number of primary amides is 1. The Kier molecular flexibility index (Phi) is 3.64. The van der Waals surface area contributed by atoms with Gasteiger partial charge in [-0.25, -0.2) is 9.37 Å². The third kappa shape index (κ3) is 2.54. The van der Waals surface area contributed by atoms with Crippen LogP contribution >= 0.6 is 11.3 Å². The van der Waals surface area contributed by atoms with Crippen molar-refractivity contribution < 1.29 is 14.0 Å². The molecule has 0 unspecified atom stereocenters. The fraction of sp³-hybridized carbons (Fsp3) is 0.389. The first-order valence-electron chi connectivity index (χ1n) is 8.23. The van der Waals surface area contributed by atoms with Gasteiger partial charge in [-0.2, -0.15) is 0 Å². The molecule has 2 amide bonds. The number of amides is 2. The Balaban J connectivity index is 1.78. The van der Waals surface area contributed by atoms with E-state index in [0.29, 0.717) is 28.3 Å². The monoisotopic (exact) mass is 359 g/mol. The van der Waals surface area contributed by atoms with Gasteiger partial charge in [-0.3, -0.25) is 9.59 Å². The first-order valence-corrected chi connectivity index (χ1v) is 9.05. The van der Waals surface area contributed by atoms with Crippen molar-refractivity contribution in [3.63, 3.8) is 0 Å². The SMILES string of the molecule is Cc1nc(C(=O)N2[C@H](C(N)=O)C[C@H]3C[C@@H]32)c(-c2cccc(F)c2C)s1. The molecule has 1 aliphatic carbocycles. The van der Waals surface area contributed by atoms with Crippen molar-refractivity contribution in [3.8, 4) is 10.4 Å². The van der Waals surface area contributed by atoms with E-state index in [1.807, 2.05) is 6.92 Å². The highest BCUT2D eigenvalue weighted by Gasteiger charge is 2.56. The maximum atomic E-state index is 14.0. The van der Waals surface area contributed by atoms with E-state index in [0.717, 1.165) is 11.4 Å². The number of aromatic nitrogens is 1. The van der Waals surface area contributed by atoms with Gasteiger partial charge in [0, 0.05) is 6.04 Å². The van der Waals surface area contributed by atoms with Gasteiger partial charge >= 0.3 is 0 Å². The van der Waals surface area contributed by atoms with Crippen LogP contribution in [-0.2, 0) is 4.79 Å². The highest BCUT2D eigenvalue weighted by molar-refractivity contribution is 7.15. The van der Waals surface area contributed by atoms with Gasteiger partial charge in [-0.05, 0) is 49.8 Å². The number of nitrogens with zero attached hydrogens (tertiary/aromatic N) is 2. The number of thiazole rings is 1. The molecule has 2 heterocycles. The second-order valence-electron chi connectivity index (χ2n) is 6.75. The van der Waals surface area contributed by atoms with Gasteiger partial charge in [0.25, 0.3) is 5.91 Å². The summed E-state index contributed by atoms with van der Waals surface area (Å²) in [5.41, 5.74) is 6.92. The third-order valence-electron chi connectivity index (χ3n) is 5.12. The van der Waals surface area contributed by atoms with E-state index in [1.54, 1.807) is 24.0 Å². The molecule has 2 aliphatic rings. The zero-order valence-electron chi connectivity index (χ0n) is 14.0. The molecule has 1 saturated heterocycles. The summed E-state index contributed by atoms with van der Waals surface area (Å²) in [6, 6.07) is 4.32. The molecule has 0 spiro atoms. The van der Waals surface area contributed by atoms with E-state index in [9.17, 15) is 14.0 Å². The summed E-state index contributed by atoms with van der Waals surface area (Å²) in [6.45, 7) is 3.50. The van der Waals surface area contributed by atoms with Gasteiger partial charge in [0.1, 0.15) is 17.6 Å². The highest BCUT2D eigenvalue weighted by Crippen LogP contribution is 2.49. The lowest BCUT2D eigenvalue weighted by Gasteiger charge is -2.25. The molecule has 7 heteroatoms. The maximum absolute atomic E-state index is 14.0. The lowest BCUT2D eigenvalue weighted by molar-refractivity contribution is -0.122. The van der Waals surface area contributed by atoms with Crippen LogP contribution in [0.3, 0.4) is 0 Å². The molecule has 2 fully saturated rings. The predicted molar refractivity (Wildman–Crippen MR) is 92.6 cm³/mol. The molecule has 3 atom stereocenters. The predicted octanol–water partition coefficient (Wildman–Crippen LogP) is 2.65. The van der Waals surface area contributed by atoms with Gasteiger partial charge < -0.3 is 10.6 Å². The molecule has 0 bridgehead atoms. The zero-order chi connectivity index (χ0) is 17.9. The van der Waals surface area contributed by atoms with Gasteiger partial charge in [-0.1, -0.05) is 12.1 Å².